The second kappa shape index (κ2) is 11.6. The monoisotopic (exact) mass is 515 g/mol. The smallest absolute Gasteiger partial charge is 0.261 e. The van der Waals surface area contributed by atoms with E-state index < -0.39 is 5.91 Å². The Bertz CT molecular complexity index is 1300. The molecule has 1 amide bonds. The Labute approximate surface area is 211 Å². The summed E-state index contributed by atoms with van der Waals surface area (Å²) in [5.41, 5.74) is 8.37. The molecule has 0 saturated carbocycles. The topological polar surface area (TPSA) is 127 Å². The van der Waals surface area contributed by atoms with E-state index in [1.165, 1.54) is 11.3 Å². The van der Waals surface area contributed by atoms with E-state index in [0.717, 1.165) is 17.5 Å². The molecule has 0 aliphatic heterocycles. The Morgan fingerprint density at radius 2 is 1.94 bits per heavy atom. The maximum Gasteiger partial charge on any atom is 0.261 e. The minimum atomic E-state index is -0.561. The second-order valence-electron chi connectivity index (χ2n) is 7.80. The van der Waals surface area contributed by atoms with Crippen molar-refractivity contribution >= 4 is 39.9 Å². The number of aromatic nitrogens is 3. The molecule has 2 aromatic carbocycles. The summed E-state index contributed by atoms with van der Waals surface area (Å²) in [7, 11) is 0. The molecule has 0 fully saturated rings. The first kappa shape index (κ1) is 25.1. The molecule has 4 rings (SSSR count). The van der Waals surface area contributed by atoms with Gasteiger partial charge < -0.3 is 20.7 Å². The summed E-state index contributed by atoms with van der Waals surface area (Å²) in [4.78, 5) is 23.6. The minimum Gasteiger partial charge on any atom is -0.493 e. The maximum absolute atomic E-state index is 12.1. The van der Waals surface area contributed by atoms with Crippen LogP contribution >= 0.6 is 22.9 Å². The average Bonchev–Trinajstić information content (AvgIpc) is 3.46. The van der Waals surface area contributed by atoms with Gasteiger partial charge in [-0.15, -0.1) is 0 Å². The van der Waals surface area contributed by atoms with Crippen molar-refractivity contribution in [1.82, 2.24) is 19.4 Å². The number of hydrogen-bond acceptors (Lipinski definition) is 8. The predicted octanol–water partition coefficient (Wildman–Crippen LogP) is 2.96. The van der Waals surface area contributed by atoms with Crippen LogP contribution in [0.5, 0.6) is 5.75 Å². The van der Waals surface area contributed by atoms with Gasteiger partial charge in [-0.2, -0.15) is 0 Å². The van der Waals surface area contributed by atoms with E-state index in [9.17, 15) is 4.79 Å². The molecule has 0 spiro atoms. The van der Waals surface area contributed by atoms with Gasteiger partial charge in [0.05, 0.1) is 36.5 Å². The van der Waals surface area contributed by atoms with Gasteiger partial charge >= 0.3 is 0 Å². The lowest BCUT2D eigenvalue weighted by Crippen LogP contribution is -2.31. The van der Waals surface area contributed by atoms with Gasteiger partial charge in [-0.3, -0.25) is 14.3 Å². The third-order valence-electron chi connectivity index (χ3n) is 5.38. The zero-order chi connectivity index (χ0) is 24.8. The van der Waals surface area contributed by atoms with Crippen molar-refractivity contribution in [3.63, 3.8) is 0 Å². The van der Waals surface area contributed by atoms with Gasteiger partial charge in [0.1, 0.15) is 17.0 Å². The molecule has 4 aromatic rings. The highest BCUT2D eigenvalue weighted by atomic mass is 35.5. The van der Waals surface area contributed by atoms with Gasteiger partial charge in [0, 0.05) is 36.3 Å². The SMILES string of the molecule is NC(=O)c1sc(-n2cnc3ccc(OCCCN(CCO)CCO)cc32)nc1-c1cccc(Cl)c1. The summed E-state index contributed by atoms with van der Waals surface area (Å²) >= 11 is 7.32. The standard InChI is InChI=1S/C24H26ClN5O4S/c25-17-4-1-3-16(13-17)21-22(23(26)33)35-24(28-21)30-15-27-19-6-5-18(14-20(19)30)34-12-2-7-29(8-10-31)9-11-32/h1,3-6,13-15,31-32H,2,7-12H2,(H2,26,33). The van der Waals surface area contributed by atoms with E-state index in [0.29, 0.717) is 58.3 Å². The van der Waals surface area contributed by atoms with E-state index in [1.54, 1.807) is 29.1 Å². The number of benzene rings is 2. The van der Waals surface area contributed by atoms with Crippen LogP contribution in [0, 0.1) is 0 Å². The Balaban J connectivity index is 1.55. The largest absolute Gasteiger partial charge is 0.493 e. The lowest BCUT2D eigenvalue weighted by atomic mass is 10.1. The highest BCUT2D eigenvalue weighted by Gasteiger charge is 2.20. The minimum absolute atomic E-state index is 0.0504. The maximum atomic E-state index is 12.1. The van der Waals surface area contributed by atoms with E-state index in [1.807, 2.05) is 29.2 Å². The van der Waals surface area contributed by atoms with Gasteiger partial charge in [-0.25, -0.2) is 9.97 Å². The van der Waals surface area contributed by atoms with Crippen LogP contribution in [0.4, 0.5) is 0 Å². The second-order valence-corrected chi connectivity index (χ2v) is 9.22. The van der Waals surface area contributed by atoms with Gasteiger partial charge in [-0.05, 0) is 30.7 Å². The zero-order valence-electron chi connectivity index (χ0n) is 18.9. The highest BCUT2D eigenvalue weighted by molar-refractivity contribution is 7.16. The van der Waals surface area contributed by atoms with Gasteiger partial charge in [0.25, 0.3) is 5.91 Å². The molecule has 9 nitrogen and oxygen atoms in total. The molecule has 11 heteroatoms. The molecule has 184 valence electrons. The van der Waals surface area contributed by atoms with Gasteiger partial charge in [-0.1, -0.05) is 35.1 Å². The van der Waals surface area contributed by atoms with Crippen LogP contribution in [-0.4, -0.2) is 75.0 Å². The summed E-state index contributed by atoms with van der Waals surface area (Å²) in [6, 6.07) is 12.7. The van der Waals surface area contributed by atoms with E-state index >= 15 is 0 Å². The number of imidazole rings is 1. The summed E-state index contributed by atoms with van der Waals surface area (Å²) in [6.45, 7) is 2.33. The summed E-state index contributed by atoms with van der Waals surface area (Å²) in [5, 5.41) is 19.3. The van der Waals surface area contributed by atoms with Crippen LogP contribution in [0.1, 0.15) is 16.1 Å². The van der Waals surface area contributed by atoms with Crippen LogP contribution in [0.15, 0.2) is 48.8 Å². The molecule has 0 radical (unpaired) electrons. The fourth-order valence-electron chi connectivity index (χ4n) is 3.74. The highest BCUT2D eigenvalue weighted by Crippen LogP contribution is 2.33. The molecular formula is C24H26ClN5O4S. The summed E-state index contributed by atoms with van der Waals surface area (Å²) in [6.07, 6.45) is 2.40. The quantitative estimate of drug-likeness (QED) is 0.247. The first-order chi connectivity index (χ1) is 17.0. The number of aliphatic hydroxyl groups is 2. The summed E-state index contributed by atoms with van der Waals surface area (Å²) < 4.78 is 7.74. The van der Waals surface area contributed by atoms with Crippen molar-refractivity contribution in [2.45, 2.75) is 6.42 Å². The molecule has 2 heterocycles. The van der Waals surface area contributed by atoms with E-state index in [4.69, 9.17) is 32.3 Å². The predicted molar refractivity (Wildman–Crippen MR) is 136 cm³/mol. The lowest BCUT2D eigenvalue weighted by Gasteiger charge is -2.19. The number of carbonyl (C=O) groups is 1. The lowest BCUT2D eigenvalue weighted by molar-refractivity contribution is 0.100. The van der Waals surface area contributed by atoms with Crippen molar-refractivity contribution in [3.05, 3.63) is 58.7 Å². The average molecular weight is 516 g/mol. The van der Waals surface area contributed by atoms with Gasteiger partial charge in [0.2, 0.25) is 0 Å². The molecule has 4 N–H and O–H groups in total. The molecule has 35 heavy (non-hydrogen) atoms. The molecular weight excluding hydrogens is 490 g/mol. The molecule has 0 aliphatic carbocycles. The van der Waals surface area contributed by atoms with Crippen LogP contribution in [0.3, 0.4) is 0 Å². The number of nitrogens with two attached hydrogens (primary N) is 1. The molecule has 0 bridgehead atoms. The number of amides is 1. The Kier molecular flexibility index (Phi) is 8.32. The molecule has 0 saturated heterocycles. The van der Waals surface area contributed by atoms with Gasteiger partial charge in [0.15, 0.2) is 5.13 Å². The first-order valence-corrected chi connectivity index (χ1v) is 12.3. The number of nitrogens with zero attached hydrogens (tertiary/aromatic N) is 4. The molecule has 0 aliphatic rings. The van der Waals surface area contributed by atoms with E-state index in [2.05, 4.69) is 9.97 Å². The van der Waals surface area contributed by atoms with Crippen molar-refractivity contribution < 1.29 is 19.7 Å². The zero-order valence-corrected chi connectivity index (χ0v) is 20.5. The molecule has 0 atom stereocenters. The van der Waals surface area contributed by atoms with Crippen molar-refractivity contribution in [2.24, 2.45) is 5.73 Å². The number of aliphatic hydroxyl groups excluding tert-OH is 2. The number of halogens is 1. The normalized spacial score (nSPS) is 11.4. The number of thiazole rings is 1. The number of rotatable bonds is 12. The summed E-state index contributed by atoms with van der Waals surface area (Å²) in [5.74, 6) is 0.116. The van der Waals surface area contributed by atoms with Crippen molar-refractivity contribution in [1.29, 1.82) is 0 Å². The molecule has 0 unspecified atom stereocenters. The third-order valence-corrected chi connectivity index (χ3v) is 6.69. The van der Waals surface area contributed by atoms with Crippen LogP contribution in [0.2, 0.25) is 5.02 Å². The fraction of sp³-hybridized carbons (Fsp3) is 0.292. The third kappa shape index (κ3) is 5.98. The van der Waals surface area contributed by atoms with Crippen LogP contribution in [-0.2, 0) is 0 Å². The van der Waals surface area contributed by atoms with Crippen LogP contribution in [0.25, 0.3) is 27.4 Å². The number of carbonyl (C=O) groups excluding carboxylic acids is 1. The van der Waals surface area contributed by atoms with Crippen LogP contribution < -0.4 is 10.5 Å². The van der Waals surface area contributed by atoms with E-state index in [-0.39, 0.29) is 13.2 Å². The van der Waals surface area contributed by atoms with Crippen molar-refractivity contribution in [3.8, 4) is 22.1 Å². The number of ether oxygens (including phenoxy) is 1. The fourth-order valence-corrected chi connectivity index (χ4v) is 4.85. The Hall–Kier alpha value is -3.02. The number of fused-ring (bicyclic) bond motifs is 1. The van der Waals surface area contributed by atoms with Crippen molar-refractivity contribution in [2.75, 3.05) is 39.5 Å². The Morgan fingerprint density at radius 3 is 2.66 bits per heavy atom. The molecule has 2 aromatic heterocycles. The Morgan fingerprint density at radius 1 is 1.14 bits per heavy atom. The first-order valence-electron chi connectivity index (χ1n) is 11.1. The number of primary amides is 1. The number of hydrogen-bond donors (Lipinski definition) is 3.